The van der Waals surface area contributed by atoms with Crippen LogP contribution in [0.25, 0.3) is 270 Å². The zero-order valence-electron chi connectivity index (χ0n) is 70.5. The first-order valence-corrected chi connectivity index (χ1v) is 47.3. The highest BCUT2D eigenvalue weighted by Crippen LogP contribution is 2.47. The molecule has 0 atom stereocenters. The molecule has 19 aromatic carbocycles. The first kappa shape index (κ1) is 76.9. The first-order valence-electron chi connectivity index (χ1n) is 44.0. The van der Waals surface area contributed by atoms with Crippen molar-refractivity contribution in [2.75, 3.05) is 0 Å². The molecule has 0 N–H and O–H groups in total. The summed E-state index contributed by atoms with van der Waals surface area (Å²) in [6.07, 6.45) is 0. The van der Waals surface area contributed by atoms with Crippen LogP contribution in [-0.2, 0) is 0 Å². The average Bonchev–Trinajstić information content (AvgIpc) is 1.59. The summed E-state index contributed by atoms with van der Waals surface area (Å²) in [4.78, 5) is 31.2. The molecule has 28 aromatic rings. The SMILES string of the molecule is c1ccc2cc(-c3ccc(-c4nc(-c5ccc(-c6cccc7c6oc6ccccc67)cc5)nc5c4sc4ccccc45)cc3)ccc2c1.c1ccc2cc(-c3ccc(-c4nc(-c5ccc6c(c5)oc5ccccc56)c5sc6ccccc6c5n4)cc3)ccc2c1.c1ccc2cc(-c3ccc(-c4nc(-c5ccc6c(c5)sc5ccccc56)nc5c4sc4ccccc45)cc3)ccc2c1. The van der Waals surface area contributed by atoms with Gasteiger partial charge in [-0.3, -0.25) is 0 Å². The molecule has 0 aliphatic rings. The van der Waals surface area contributed by atoms with E-state index < -0.39 is 0 Å². The molecule has 0 saturated heterocycles. The predicted octanol–water partition coefficient (Wildman–Crippen LogP) is 34.8. The van der Waals surface area contributed by atoms with Gasteiger partial charge in [-0.05, 0) is 144 Å². The van der Waals surface area contributed by atoms with Crippen molar-refractivity contribution in [1.82, 2.24) is 29.9 Å². The van der Waals surface area contributed by atoms with Gasteiger partial charge in [0.1, 0.15) is 22.3 Å². The van der Waals surface area contributed by atoms with E-state index >= 15 is 0 Å². The number of benzene rings is 19. The van der Waals surface area contributed by atoms with Crippen LogP contribution >= 0.6 is 45.3 Å². The number of hydrogen-bond donors (Lipinski definition) is 0. The van der Waals surface area contributed by atoms with Gasteiger partial charge in [-0.25, -0.2) is 29.9 Å². The Kier molecular flexibility index (Phi) is 18.6. The maximum atomic E-state index is 6.33. The molecule has 0 saturated carbocycles. The van der Waals surface area contributed by atoms with E-state index in [2.05, 4.69) is 394 Å². The van der Waals surface area contributed by atoms with Gasteiger partial charge in [0.05, 0.1) is 47.7 Å². The molecular weight excluding hydrogens is 1690 g/mol. The van der Waals surface area contributed by atoms with Gasteiger partial charge in [0.15, 0.2) is 17.5 Å². The van der Waals surface area contributed by atoms with E-state index in [1.165, 1.54) is 105 Å². The molecule has 8 nitrogen and oxygen atoms in total. The summed E-state index contributed by atoms with van der Waals surface area (Å²) >= 11 is 7.10. The number of hydrogen-bond acceptors (Lipinski definition) is 12. The Bertz CT molecular complexity index is 9490. The van der Waals surface area contributed by atoms with Crippen LogP contribution in [-0.4, -0.2) is 29.9 Å². The van der Waals surface area contributed by atoms with E-state index in [1.54, 1.807) is 34.0 Å². The lowest BCUT2D eigenvalue weighted by Crippen LogP contribution is -1.94. The Hall–Kier alpha value is -16.3. The van der Waals surface area contributed by atoms with E-state index in [-0.39, 0.29) is 0 Å². The van der Waals surface area contributed by atoms with E-state index in [4.69, 9.17) is 38.7 Å². The summed E-state index contributed by atoms with van der Waals surface area (Å²) in [6.45, 7) is 0. The van der Waals surface area contributed by atoms with Gasteiger partial charge in [0, 0.05) is 111 Å². The van der Waals surface area contributed by atoms with Gasteiger partial charge in [-0.15, -0.1) is 45.3 Å². The fraction of sp³-hybridized carbons (Fsp3) is 0. The van der Waals surface area contributed by atoms with Crippen molar-refractivity contribution in [3.63, 3.8) is 0 Å². The standard InChI is InChI=1S/C44H26N2OS.C38H22N2OS.C38H22N2S2/c1-2-9-32-26-33(25-18-27(32)8-1)28-16-21-30(22-17-28)40-43-41(37-11-4-6-15-39(37)48-43)46-44(45-40)31-23-19-29(20-24-31)34-12-7-13-36-35-10-3-5-14-38(35)47-42(34)36;1-2-8-26-21-27(18-15-23(26)7-1)24-13-16-25(17-14-24)38-39-35(37-36(40-38)31-10-4-6-12-34(31)42-37)28-19-20-30-29-9-3-5-11-32(29)41-33(30)22-28;1-2-8-26-21-27(18-15-23(26)7-1)24-13-16-25(17-14-24)35-37-36(31-10-4-6-12-33(31)42-37)40-38(39-35)28-19-20-30-29-9-3-5-11-32(29)41-34(30)22-28/h1-26H;2*1-22H. The summed E-state index contributed by atoms with van der Waals surface area (Å²) in [5, 5.41) is 18.1. The molecule has 9 aromatic heterocycles. The van der Waals surface area contributed by atoms with Crippen LogP contribution in [0.3, 0.4) is 0 Å². The zero-order chi connectivity index (χ0) is 86.9. The zero-order valence-corrected chi connectivity index (χ0v) is 73.8. The average molecular weight is 1760 g/mol. The highest BCUT2D eigenvalue weighted by Gasteiger charge is 2.24. The molecule has 0 aliphatic carbocycles. The minimum atomic E-state index is 0.716. The molecule has 0 aliphatic heterocycles. The summed E-state index contributed by atoms with van der Waals surface area (Å²) in [7, 11) is 0. The van der Waals surface area contributed by atoms with Crippen molar-refractivity contribution >= 4 is 203 Å². The lowest BCUT2D eigenvalue weighted by Gasteiger charge is -2.10. The Morgan fingerprint density at radius 2 is 0.485 bits per heavy atom. The van der Waals surface area contributed by atoms with Gasteiger partial charge in [-0.1, -0.05) is 352 Å². The summed E-state index contributed by atoms with van der Waals surface area (Å²) in [5.74, 6) is 2.20. The van der Waals surface area contributed by atoms with Gasteiger partial charge >= 0.3 is 0 Å². The van der Waals surface area contributed by atoms with Crippen molar-refractivity contribution in [3.05, 3.63) is 425 Å². The molecule has 12 heteroatoms. The van der Waals surface area contributed by atoms with Crippen LogP contribution in [0.5, 0.6) is 0 Å². The molecule has 132 heavy (non-hydrogen) atoms. The van der Waals surface area contributed by atoms with Crippen molar-refractivity contribution in [1.29, 1.82) is 0 Å². The maximum absolute atomic E-state index is 6.33. The van der Waals surface area contributed by atoms with Crippen LogP contribution in [0.4, 0.5) is 0 Å². The van der Waals surface area contributed by atoms with E-state index in [0.717, 1.165) is 159 Å². The van der Waals surface area contributed by atoms with Crippen LogP contribution in [0.2, 0.25) is 0 Å². The maximum Gasteiger partial charge on any atom is 0.160 e. The minimum absolute atomic E-state index is 0.716. The Morgan fingerprint density at radius 3 is 0.962 bits per heavy atom. The van der Waals surface area contributed by atoms with E-state index in [0.29, 0.717) is 5.82 Å². The summed E-state index contributed by atoms with van der Waals surface area (Å²) < 4.78 is 22.1. The third-order valence-corrected chi connectivity index (χ3v) is 30.1. The van der Waals surface area contributed by atoms with Crippen molar-refractivity contribution in [2.45, 2.75) is 0 Å². The van der Waals surface area contributed by atoms with Gasteiger partial charge in [0.2, 0.25) is 0 Å². The molecule has 616 valence electrons. The quantitative estimate of drug-likeness (QED) is 0.133. The van der Waals surface area contributed by atoms with E-state index in [1.807, 2.05) is 41.7 Å². The number of furan rings is 2. The third kappa shape index (κ3) is 13.6. The van der Waals surface area contributed by atoms with Crippen LogP contribution < -0.4 is 0 Å². The molecule has 0 spiro atoms. The number of aromatic nitrogens is 6. The molecule has 28 rings (SSSR count). The highest BCUT2D eigenvalue weighted by atomic mass is 32.1. The second-order valence-electron chi connectivity index (χ2n) is 33.4. The lowest BCUT2D eigenvalue weighted by molar-refractivity contribution is 0.669. The second kappa shape index (κ2) is 31.9. The number of fused-ring (bicyclic) bond motifs is 21. The van der Waals surface area contributed by atoms with Gasteiger partial charge < -0.3 is 8.83 Å². The van der Waals surface area contributed by atoms with Crippen LogP contribution in [0.15, 0.2) is 433 Å². The summed E-state index contributed by atoms with van der Waals surface area (Å²) in [5.41, 5.74) is 25.0. The number of rotatable bonds is 10. The topological polar surface area (TPSA) is 104 Å². The van der Waals surface area contributed by atoms with E-state index in [9.17, 15) is 0 Å². The molecule has 0 bridgehead atoms. The number of thiophene rings is 4. The normalized spacial score (nSPS) is 11.8. The molecule has 0 amide bonds. The first-order chi connectivity index (χ1) is 65.3. The predicted molar refractivity (Wildman–Crippen MR) is 559 cm³/mol. The van der Waals surface area contributed by atoms with Crippen LogP contribution in [0, 0.1) is 0 Å². The fourth-order valence-corrected chi connectivity index (χ4v) is 23.4. The third-order valence-electron chi connectivity index (χ3n) is 25.5. The van der Waals surface area contributed by atoms with Crippen molar-refractivity contribution in [3.8, 4) is 112 Å². The molecule has 0 radical (unpaired) electrons. The van der Waals surface area contributed by atoms with Gasteiger partial charge in [0.25, 0.3) is 0 Å². The molecule has 0 fully saturated rings. The fourth-order valence-electron chi connectivity index (χ4n) is 18.8. The summed E-state index contributed by atoms with van der Waals surface area (Å²) in [6, 6.07) is 150. The smallest absolute Gasteiger partial charge is 0.160 e. The molecule has 9 heterocycles. The second-order valence-corrected chi connectivity index (χ2v) is 37.6. The van der Waals surface area contributed by atoms with Crippen LogP contribution in [0.1, 0.15) is 0 Å². The Labute approximate surface area is 772 Å². The monoisotopic (exact) mass is 1750 g/mol. The lowest BCUT2D eigenvalue weighted by atomic mass is 9.99. The van der Waals surface area contributed by atoms with Crippen molar-refractivity contribution in [2.24, 2.45) is 0 Å². The molecule has 0 unspecified atom stereocenters. The largest absolute Gasteiger partial charge is 0.456 e. The Morgan fingerprint density at radius 1 is 0.167 bits per heavy atom. The Balaban J connectivity index is 0.000000104. The minimum Gasteiger partial charge on any atom is -0.456 e. The van der Waals surface area contributed by atoms with Gasteiger partial charge in [-0.2, -0.15) is 0 Å². The number of para-hydroxylation sites is 3. The molecular formula is C120H70N6O2S4. The van der Waals surface area contributed by atoms with Crippen molar-refractivity contribution < 1.29 is 8.83 Å². The highest BCUT2D eigenvalue weighted by molar-refractivity contribution is 7.27. The number of nitrogens with zero attached hydrogens (tertiary/aromatic N) is 6.